The molecule has 0 aliphatic carbocycles. The molecule has 11 heteroatoms. The number of likely N-dealkylation sites (tertiary alicyclic amines) is 1. The number of methoxy groups -OCH3 is 1. The molecule has 2 aliphatic heterocycles. The van der Waals surface area contributed by atoms with Crippen LogP contribution in [-0.4, -0.2) is 86.7 Å². The molecule has 3 heterocycles. The Morgan fingerprint density at radius 1 is 1.27 bits per heavy atom. The zero-order valence-corrected chi connectivity index (χ0v) is 18.6. The fourth-order valence-corrected chi connectivity index (χ4v) is 4.91. The van der Waals surface area contributed by atoms with Crippen LogP contribution < -0.4 is 9.62 Å². The van der Waals surface area contributed by atoms with Crippen LogP contribution in [0.5, 0.6) is 0 Å². The van der Waals surface area contributed by atoms with Crippen LogP contribution in [0, 0.1) is 0 Å². The van der Waals surface area contributed by atoms with Gasteiger partial charge in [-0.2, -0.15) is 0 Å². The van der Waals surface area contributed by atoms with Crippen molar-refractivity contribution in [2.45, 2.75) is 50.3 Å². The number of carbonyl (C=O) groups is 1. The monoisotopic (exact) mass is 441 g/mol. The van der Waals surface area contributed by atoms with E-state index < -0.39 is 28.2 Å². The van der Waals surface area contributed by atoms with E-state index in [-0.39, 0.29) is 12.2 Å². The van der Waals surface area contributed by atoms with Crippen LogP contribution in [0.25, 0.3) is 0 Å². The molecule has 10 nitrogen and oxygen atoms in total. The number of piperidine rings is 2. The Morgan fingerprint density at radius 2 is 1.93 bits per heavy atom. The minimum atomic E-state index is -3.41. The Labute approximate surface area is 178 Å². The Hall–Kier alpha value is -1.98. The first-order chi connectivity index (χ1) is 14.2. The van der Waals surface area contributed by atoms with E-state index in [1.165, 1.54) is 7.11 Å². The zero-order valence-electron chi connectivity index (χ0n) is 17.8. The van der Waals surface area contributed by atoms with Gasteiger partial charge in [0.05, 0.1) is 31.6 Å². The Morgan fingerprint density at radius 3 is 2.53 bits per heavy atom. The average Bonchev–Trinajstić information content (AvgIpc) is 2.72. The number of amides is 1. The van der Waals surface area contributed by atoms with Crippen molar-refractivity contribution in [3.8, 4) is 0 Å². The maximum absolute atomic E-state index is 12.3. The summed E-state index contributed by atoms with van der Waals surface area (Å²) in [6.07, 6.45) is 7.01. The van der Waals surface area contributed by atoms with E-state index in [1.54, 1.807) is 23.4 Å². The van der Waals surface area contributed by atoms with Crippen LogP contribution >= 0.6 is 0 Å². The highest BCUT2D eigenvalue weighted by atomic mass is 32.2. The number of anilines is 1. The van der Waals surface area contributed by atoms with Gasteiger partial charge in [-0.3, -0.25) is 0 Å². The van der Waals surface area contributed by atoms with Crippen LogP contribution in [0.4, 0.5) is 10.7 Å². The van der Waals surface area contributed by atoms with Gasteiger partial charge in [-0.1, -0.05) is 0 Å². The van der Waals surface area contributed by atoms with Crippen LogP contribution in [0.1, 0.15) is 32.6 Å². The summed E-state index contributed by atoms with van der Waals surface area (Å²) < 4.78 is 37.5. The van der Waals surface area contributed by atoms with E-state index >= 15 is 0 Å². The third-order valence-electron chi connectivity index (χ3n) is 5.81. The van der Waals surface area contributed by atoms with Gasteiger partial charge < -0.3 is 19.3 Å². The fraction of sp³-hybridized carbons (Fsp3) is 0.737. The number of hydrogen-bond acceptors (Lipinski definition) is 8. The van der Waals surface area contributed by atoms with Crippen molar-refractivity contribution in [3.05, 3.63) is 18.5 Å². The van der Waals surface area contributed by atoms with Gasteiger partial charge in [0.1, 0.15) is 0 Å². The van der Waals surface area contributed by atoms with Crippen molar-refractivity contribution in [1.82, 2.24) is 19.6 Å². The third-order valence-corrected chi connectivity index (χ3v) is 6.54. The number of hydrogen-bond donors (Lipinski definition) is 1. The second kappa shape index (κ2) is 9.44. The summed E-state index contributed by atoms with van der Waals surface area (Å²) in [6.45, 7) is 4.33. The summed E-state index contributed by atoms with van der Waals surface area (Å²) in [7, 11) is -2.08. The Balaban J connectivity index is 1.65. The van der Waals surface area contributed by atoms with Gasteiger partial charge in [0, 0.05) is 38.1 Å². The number of nitrogens with zero attached hydrogens (tertiary/aromatic N) is 4. The highest BCUT2D eigenvalue weighted by molar-refractivity contribution is 7.88. The van der Waals surface area contributed by atoms with E-state index in [2.05, 4.69) is 26.5 Å². The van der Waals surface area contributed by atoms with Crippen molar-refractivity contribution in [2.75, 3.05) is 44.5 Å². The van der Waals surface area contributed by atoms with E-state index in [4.69, 9.17) is 9.47 Å². The molecular formula is C19H31N5O5S. The predicted molar refractivity (Wildman–Crippen MR) is 112 cm³/mol. The highest BCUT2D eigenvalue weighted by Crippen LogP contribution is 2.29. The first-order valence-corrected chi connectivity index (χ1v) is 12.1. The second-order valence-electron chi connectivity index (χ2n) is 8.17. The van der Waals surface area contributed by atoms with Gasteiger partial charge >= 0.3 is 6.09 Å². The molecule has 2 aliphatic rings. The number of ether oxygens (including phenoxy) is 2. The van der Waals surface area contributed by atoms with Crippen molar-refractivity contribution >= 4 is 22.1 Å². The molecule has 1 amide bonds. The van der Waals surface area contributed by atoms with Crippen LogP contribution in [0.15, 0.2) is 18.5 Å². The van der Waals surface area contributed by atoms with Gasteiger partial charge in [0.25, 0.3) is 0 Å². The van der Waals surface area contributed by atoms with Gasteiger partial charge in [0.15, 0.2) is 0 Å². The summed E-state index contributed by atoms with van der Waals surface area (Å²) in [4.78, 5) is 24.6. The molecule has 0 aromatic carbocycles. The molecule has 0 bridgehead atoms. The number of nitrogens with one attached hydrogen (secondary N) is 1. The number of sulfonamides is 1. The van der Waals surface area contributed by atoms with Gasteiger partial charge in [-0.05, 0) is 38.7 Å². The van der Waals surface area contributed by atoms with Crippen LogP contribution in [0.3, 0.4) is 0 Å². The Kier molecular flexibility index (Phi) is 7.14. The number of aromatic nitrogens is 2. The van der Waals surface area contributed by atoms with E-state index in [0.29, 0.717) is 25.3 Å². The quantitative estimate of drug-likeness (QED) is 0.696. The van der Waals surface area contributed by atoms with E-state index in [0.717, 1.165) is 32.2 Å². The SMILES string of the molecule is COC(=O)N1CCC[C@H](NS(C)(=O)=O)[C@@H]1COC1(C)CCN(c2ncccn2)CC1. The van der Waals surface area contributed by atoms with Crippen molar-refractivity contribution in [2.24, 2.45) is 0 Å². The molecule has 1 N–H and O–H groups in total. The van der Waals surface area contributed by atoms with Gasteiger partial charge in [0.2, 0.25) is 16.0 Å². The Bertz CT molecular complexity index is 814. The lowest BCUT2D eigenvalue weighted by Gasteiger charge is -2.44. The maximum atomic E-state index is 12.3. The average molecular weight is 442 g/mol. The third kappa shape index (κ3) is 5.79. The zero-order chi connectivity index (χ0) is 21.8. The summed E-state index contributed by atoms with van der Waals surface area (Å²) >= 11 is 0. The van der Waals surface area contributed by atoms with E-state index in [1.807, 2.05) is 0 Å². The molecule has 2 atom stereocenters. The van der Waals surface area contributed by atoms with Crippen LogP contribution in [-0.2, 0) is 19.5 Å². The smallest absolute Gasteiger partial charge is 0.409 e. The molecule has 1 aromatic heterocycles. The van der Waals surface area contributed by atoms with Gasteiger partial charge in [-0.15, -0.1) is 0 Å². The minimum Gasteiger partial charge on any atom is -0.453 e. The molecular weight excluding hydrogens is 410 g/mol. The summed E-state index contributed by atoms with van der Waals surface area (Å²) in [5.74, 6) is 0.709. The van der Waals surface area contributed by atoms with Crippen molar-refractivity contribution in [3.63, 3.8) is 0 Å². The predicted octanol–water partition coefficient (Wildman–Crippen LogP) is 1.00. The highest BCUT2D eigenvalue weighted by Gasteiger charge is 2.39. The number of rotatable bonds is 6. The molecule has 0 spiro atoms. The molecule has 0 radical (unpaired) electrons. The molecule has 1 aromatic rings. The van der Waals surface area contributed by atoms with Crippen molar-refractivity contribution < 1.29 is 22.7 Å². The first-order valence-electron chi connectivity index (χ1n) is 10.2. The van der Waals surface area contributed by atoms with Gasteiger partial charge in [-0.25, -0.2) is 27.9 Å². The lowest BCUT2D eigenvalue weighted by Crippen LogP contribution is -2.59. The molecule has 2 fully saturated rings. The summed E-state index contributed by atoms with van der Waals surface area (Å²) in [5.41, 5.74) is -0.375. The first kappa shape index (κ1) is 22.7. The molecule has 0 saturated carbocycles. The largest absolute Gasteiger partial charge is 0.453 e. The van der Waals surface area contributed by atoms with Crippen molar-refractivity contribution in [1.29, 1.82) is 0 Å². The summed E-state index contributed by atoms with van der Waals surface area (Å²) in [5, 5.41) is 0. The topological polar surface area (TPSA) is 114 Å². The lowest BCUT2D eigenvalue weighted by molar-refractivity contribution is -0.0773. The second-order valence-corrected chi connectivity index (χ2v) is 9.95. The lowest BCUT2D eigenvalue weighted by atomic mass is 9.92. The fourth-order valence-electron chi connectivity index (χ4n) is 4.08. The molecule has 0 unspecified atom stereocenters. The maximum Gasteiger partial charge on any atom is 0.409 e. The van der Waals surface area contributed by atoms with E-state index in [9.17, 15) is 13.2 Å². The standard InChI is InChI=1S/C19H31N5O5S/c1-19(7-12-23(13-8-19)17-20-9-5-10-21-17)29-14-16-15(22-30(3,26)27)6-4-11-24(16)18(25)28-2/h5,9-10,15-16,22H,4,6-8,11-14H2,1-3H3/t15-,16-/m0/s1. The summed E-state index contributed by atoms with van der Waals surface area (Å²) in [6, 6.07) is 0.960. The number of carbonyl (C=O) groups excluding carboxylic acids is 1. The molecule has 168 valence electrons. The van der Waals surface area contributed by atoms with Crippen LogP contribution in [0.2, 0.25) is 0 Å². The molecule has 3 rings (SSSR count). The molecule has 30 heavy (non-hydrogen) atoms. The molecule has 2 saturated heterocycles. The normalized spacial score (nSPS) is 24.5. The minimum absolute atomic E-state index is 0.237.